The van der Waals surface area contributed by atoms with Crippen molar-refractivity contribution in [3.8, 4) is 0 Å². The number of carboxylic acids is 4. The van der Waals surface area contributed by atoms with E-state index in [-0.39, 0.29) is 30.5 Å². The molecule has 0 aromatic rings. The van der Waals surface area contributed by atoms with Gasteiger partial charge in [0.15, 0.2) is 0 Å². The SMILES string of the molecule is CCCCCCCC(CCCCCCC(CCCCCOOCOOCCCCCCCCC(CCCCCCC(CCC)C(=O)O)C(=O)O)C(=O)O)C(=O)O. The zero-order chi connectivity index (χ0) is 41.5. The largest absolute Gasteiger partial charge is 0.481 e. The quantitative estimate of drug-likeness (QED) is 0.0198. The van der Waals surface area contributed by atoms with Crippen LogP contribution in [0.15, 0.2) is 0 Å². The standard InChI is InChI=1S/C44H82O12/c1-3-5-6-9-17-28-38(42(47)48)30-21-13-14-22-32-40(44(51)52)33-23-16-25-35-54-56-36-55-53-34-24-15-8-7-10-18-29-39(43(49)50)31-20-12-11-19-27-37(26-4-2)41(45)46/h37-40H,3-36H2,1-2H3,(H,45,46)(H,47,48)(H,49,50)(H,51,52). The van der Waals surface area contributed by atoms with E-state index >= 15 is 0 Å². The highest BCUT2D eigenvalue weighted by atomic mass is 17.3. The van der Waals surface area contributed by atoms with Crippen LogP contribution < -0.4 is 0 Å². The fraction of sp³-hybridized carbons (Fsp3) is 0.909. The number of aliphatic carboxylic acids is 4. The average Bonchev–Trinajstić information content (AvgIpc) is 3.16. The van der Waals surface area contributed by atoms with Gasteiger partial charge in [-0.3, -0.25) is 19.2 Å². The number of hydrogen-bond donors (Lipinski definition) is 4. The van der Waals surface area contributed by atoms with Crippen molar-refractivity contribution in [3.05, 3.63) is 0 Å². The summed E-state index contributed by atoms with van der Waals surface area (Å²) < 4.78 is 0. The molecule has 0 spiro atoms. The normalized spacial score (nSPS) is 13.7. The molecular weight excluding hydrogens is 720 g/mol. The van der Waals surface area contributed by atoms with E-state index in [1.165, 1.54) is 19.3 Å². The molecule has 0 aromatic carbocycles. The van der Waals surface area contributed by atoms with Crippen LogP contribution in [0.1, 0.15) is 213 Å². The third kappa shape index (κ3) is 33.8. The first-order valence-electron chi connectivity index (χ1n) is 22.5. The van der Waals surface area contributed by atoms with Gasteiger partial charge in [0, 0.05) is 0 Å². The summed E-state index contributed by atoms with van der Waals surface area (Å²) in [6.45, 7) is 4.89. The first-order valence-corrected chi connectivity index (χ1v) is 22.5. The molecule has 0 saturated carbocycles. The number of carboxylic acid groups (broad SMARTS) is 4. The Morgan fingerprint density at radius 2 is 0.571 bits per heavy atom. The Hall–Kier alpha value is -2.28. The number of hydrogen-bond acceptors (Lipinski definition) is 8. The first kappa shape index (κ1) is 53.7. The van der Waals surface area contributed by atoms with E-state index in [9.17, 15) is 39.6 Å². The van der Waals surface area contributed by atoms with Crippen LogP contribution in [0.2, 0.25) is 0 Å². The molecule has 0 bridgehead atoms. The summed E-state index contributed by atoms with van der Waals surface area (Å²) in [5.41, 5.74) is 0. The molecule has 0 amide bonds. The lowest BCUT2D eigenvalue weighted by atomic mass is 9.92. The number of carbonyl (C=O) groups is 4. The van der Waals surface area contributed by atoms with Crippen molar-refractivity contribution in [2.45, 2.75) is 213 Å². The molecule has 330 valence electrons. The predicted octanol–water partition coefficient (Wildman–Crippen LogP) is 11.8. The number of rotatable bonds is 45. The lowest BCUT2D eigenvalue weighted by Gasteiger charge is -2.13. The zero-order valence-corrected chi connectivity index (χ0v) is 35.4. The molecule has 56 heavy (non-hydrogen) atoms. The van der Waals surface area contributed by atoms with Crippen LogP contribution in [0.25, 0.3) is 0 Å². The van der Waals surface area contributed by atoms with Gasteiger partial charge in [0.1, 0.15) is 0 Å². The van der Waals surface area contributed by atoms with Gasteiger partial charge < -0.3 is 20.4 Å². The first-order chi connectivity index (χ1) is 27.1. The molecule has 12 heteroatoms. The molecule has 4 atom stereocenters. The van der Waals surface area contributed by atoms with Gasteiger partial charge >= 0.3 is 23.9 Å². The topological polar surface area (TPSA) is 186 Å². The average molecular weight is 803 g/mol. The molecule has 4 unspecified atom stereocenters. The van der Waals surface area contributed by atoms with Gasteiger partial charge in [-0.1, -0.05) is 149 Å². The highest BCUT2D eigenvalue weighted by molar-refractivity contribution is 5.70. The van der Waals surface area contributed by atoms with Gasteiger partial charge in [0.05, 0.1) is 36.9 Å². The minimum atomic E-state index is -0.745. The Kier molecular flexibility index (Phi) is 37.9. The fourth-order valence-electron chi connectivity index (χ4n) is 7.37. The van der Waals surface area contributed by atoms with Crippen molar-refractivity contribution < 1.29 is 59.2 Å². The zero-order valence-electron chi connectivity index (χ0n) is 35.4. The minimum Gasteiger partial charge on any atom is -0.481 e. The molecule has 0 radical (unpaired) electrons. The summed E-state index contributed by atoms with van der Waals surface area (Å²) >= 11 is 0. The van der Waals surface area contributed by atoms with Gasteiger partial charge in [-0.05, 0) is 64.2 Å². The Morgan fingerprint density at radius 1 is 0.321 bits per heavy atom. The smallest absolute Gasteiger partial charge is 0.306 e. The van der Waals surface area contributed by atoms with Gasteiger partial charge in [0.25, 0.3) is 0 Å². The summed E-state index contributed by atoms with van der Waals surface area (Å²) in [5, 5.41) is 38.0. The maximum Gasteiger partial charge on any atom is 0.306 e. The van der Waals surface area contributed by atoms with E-state index in [0.717, 1.165) is 141 Å². The molecule has 12 nitrogen and oxygen atoms in total. The molecule has 0 aliphatic rings. The van der Waals surface area contributed by atoms with Crippen molar-refractivity contribution in [1.82, 2.24) is 0 Å². The predicted molar refractivity (Wildman–Crippen MR) is 218 cm³/mol. The molecule has 0 aliphatic heterocycles. The molecule has 0 aromatic heterocycles. The minimum absolute atomic E-state index is 0.133. The fourth-order valence-corrected chi connectivity index (χ4v) is 7.37. The van der Waals surface area contributed by atoms with E-state index in [0.29, 0.717) is 51.7 Å². The van der Waals surface area contributed by atoms with Crippen LogP contribution in [0, 0.1) is 23.7 Å². The van der Waals surface area contributed by atoms with Crippen LogP contribution >= 0.6 is 0 Å². The van der Waals surface area contributed by atoms with E-state index in [1.807, 2.05) is 6.92 Å². The van der Waals surface area contributed by atoms with E-state index in [2.05, 4.69) is 6.92 Å². The molecule has 0 saturated heterocycles. The molecule has 4 N–H and O–H groups in total. The lowest BCUT2D eigenvalue weighted by Crippen LogP contribution is -2.14. The summed E-state index contributed by atoms with van der Waals surface area (Å²) in [6.07, 6.45) is 27.7. The third-order valence-corrected chi connectivity index (χ3v) is 11.0. The second-order valence-electron chi connectivity index (χ2n) is 15.9. The molecule has 0 heterocycles. The maximum atomic E-state index is 11.7. The lowest BCUT2D eigenvalue weighted by molar-refractivity contribution is -0.419. The van der Waals surface area contributed by atoms with Crippen LogP contribution in [0.3, 0.4) is 0 Å². The molecule has 0 fully saturated rings. The molecule has 0 rings (SSSR count). The van der Waals surface area contributed by atoms with Crippen molar-refractivity contribution in [2.24, 2.45) is 23.7 Å². The van der Waals surface area contributed by atoms with Gasteiger partial charge in [-0.15, -0.1) is 0 Å². The van der Waals surface area contributed by atoms with Crippen LogP contribution in [0.5, 0.6) is 0 Å². The van der Waals surface area contributed by atoms with Crippen molar-refractivity contribution >= 4 is 23.9 Å². The van der Waals surface area contributed by atoms with Crippen LogP contribution in [-0.2, 0) is 38.7 Å². The maximum absolute atomic E-state index is 11.7. The van der Waals surface area contributed by atoms with Gasteiger partial charge in [-0.2, -0.15) is 0 Å². The van der Waals surface area contributed by atoms with Crippen LogP contribution in [-0.4, -0.2) is 64.3 Å². The molecule has 0 aliphatic carbocycles. The number of unbranched alkanes of at least 4 members (excludes halogenated alkanes) is 17. The van der Waals surface area contributed by atoms with E-state index in [1.54, 1.807) is 0 Å². The van der Waals surface area contributed by atoms with Crippen molar-refractivity contribution in [1.29, 1.82) is 0 Å². The summed E-state index contributed by atoms with van der Waals surface area (Å²) in [7, 11) is 0. The van der Waals surface area contributed by atoms with E-state index < -0.39 is 23.9 Å². The van der Waals surface area contributed by atoms with Crippen molar-refractivity contribution in [3.63, 3.8) is 0 Å². The summed E-state index contributed by atoms with van der Waals surface area (Å²) in [6, 6.07) is 0. The van der Waals surface area contributed by atoms with Crippen molar-refractivity contribution in [2.75, 3.05) is 20.0 Å². The summed E-state index contributed by atoms with van der Waals surface area (Å²) in [5.74, 6) is -4.00. The Labute approximate surface area is 339 Å². The second-order valence-corrected chi connectivity index (χ2v) is 15.9. The second kappa shape index (κ2) is 39.5. The Morgan fingerprint density at radius 3 is 0.857 bits per heavy atom. The summed E-state index contributed by atoms with van der Waals surface area (Å²) in [4.78, 5) is 66.4. The Bertz CT molecular complexity index is 945. The van der Waals surface area contributed by atoms with Gasteiger partial charge in [0.2, 0.25) is 6.79 Å². The highest BCUT2D eigenvalue weighted by Crippen LogP contribution is 2.23. The Balaban J connectivity index is 3.66. The van der Waals surface area contributed by atoms with Gasteiger partial charge in [-0.25, -0.2) is 19.6 Å². The monoisotopic (exact) mass is 803 g/mol. The third-order valence-electron chi connectivity index (χ3n) is 11.0. The highest BCUT2D eigenvalue weighted by Gasteiger charge is 2.19. The molecular formula is C44H82O12. The van der Waals surface area contributed by atoms with Crippen LogP contribution in [0.4, 0.5) is 0 Å². The van der Waals surface area contributed by atoms with E-state index in [4.69, 9.17) is 19.6 Å².